The molecular formula is C38H34F3N7O2RuS2. The zero-order chi connectivity index (χ0) is 37.3. The topological polar surface area (TPSA) is 137 Å². The van der Waals surface area contributed by atoms with Crippen molar-refractivity contribution in [1.82, 2.24) is 25.4 Å². The molecule has 2 N–H and O–H groups in total. The monoisotopic (exact) mass is 843 g/mol. The number of nitrogens with zero attached hydrogens (tertiary/aromatic N) is 6. The van der Waals surface area contributed by atoms with E-state index in [4.69, 9.17) is 10.5 Å². The molecule has 53 heavy (non-hydrogen) atoms. The number of pyridine rings is 4. The van der Waals surface area contributed by atoms with Gasteiger partial charge in [0.05, 0.1) is 28.3 Å². The first-order valence-corrected chi connectivity index (χ1v) is 17.4. The Kier molecular flexibility index (Phi) is 17.4. The molecule has 0 saturated heterocycles. The minimum atomic E-state index is -4.36. The standard InChI is InChI=1S/C21H23F3N3S.C16H11N3O2.CNS.Ru/c1-2-3-4-5-6-16-9-10-17(28-16)8-7-15-11-12-25-18(13-15)19-14-20(27-26-19)21(22,23)24;20-16(21)11-7-9-18-15(10-11)14-6-3-5-13(19-14)12-4-1-2-8-17-12;2-1-3;/h7-14,20,27H,2-6H2,1H3;1-10H,(H,20,21);;/q-1;;-1;+2/b8-7+;;;. The second-order valence-corrected chi connectivity index (χ2v) is 12.6. The van der Waals surface area contributed by atoms with E-state index in [-0.39, 0.29) is 30.7 Å². The summed E-state index contributed by atoms with van der Waals surface area (Å²) in [4.78, 5) is 30.6. The van der Waals surface area contributed by atoms with Gasteiger partial charge in [0.15, 0.2) is 0 Å². The van der Waals surface area contributed by atoms with Gasteiger partial charge in [0.1, 0.15) is 6.04 Å². The molecule has 6 heterocycles. The van der Waals surface area contributed by atoms with Crippen molar-refractivity contribution in [3.8, 4) is 22.8 Å². The van der Waals surface area contributed by atoms with Crippen LogP contribution in [0.4, 0.5) is 13.2 Å². The maximum absolute atomic E-state index is 12.8. The number of carboxylic acids is 1. The Morgan fingerprint density at radius 1 is 0.925 bits per heavy atom. The second kappa shape index (κ2) is 21.7. The van der Waals surface area contributed by atoms with Crippen LogP contribution in [-0.4, -0.2) is 48.4 Å². The van der Waals surface area contributed by atoms with Gasteiger partial charge in [-0.15, -0.1) is 17.0 Å². The maximum atomic E-state index is 12.8. The number of carbonyl (C=O) groups is 1. The summed E-state index contributed by atoms with van der Waals surface area (Å²) in [5.41, 5.74) is 10.2. The van der Waals surface area contributed by atoms with Gasteiger partial charge in [0.2, 0.25) is 0 Å². The number of nitrogens with one attached hydrogen (secondary N) is 1. The predicted octanol–water partition coefficient (Wildman–Crippen LogP) is 10.2. The summed E-state index contributed by atoms with van der Waals surface area (Å²) in [5.74, 6) is -0.987. The molecule has 1 atom stereocenters. The molecule has 5 aromatic rings. The molecule has 0 fully saturated rings. The van der Waals surface area contributed by atoms with E-state index in [2.05, 4.69) is 62.1 Å². The Hall–Kier alpha value is -4.78. The number of thiophene rings is 1. The van der Waals surface area contributed by atoms with Gasteiger partial charge in [-0.3, -0.25) is 15.0 Å². The first-order valence-electron chi connectivity index (χ1n) is 16.2. The van der Waals surface area contributed by atoms with Gasteiger partial charge in [-0.2, -0.15) is 18.3 Å². The Morgan fingerprint density at radius 3 is 2.30 bits per heavy atom. The van der Waals surface area contributed by atoms with Gasteiger partial charge in [0, 0.05) is 34.0 Å². The van der Waals surface area contributed by atoms with Crippen LogP contribution in [0.25, 0.3) is 51.5 Å². The number of aromatic carboxylic acids is 1. The number of hydrogen-bond donors (Lipinski definition) is 2. The average molecular weight is 843 g/mol. The first-order chi connectivity index (χ1) is 25.1. The van der Waals surface area contributed by atoms with Gasteiger partial charge >= 0.3 is 31.6 Å². The summed E-state index contributed by atoms with van der Waals surface area (Å²) in [5, 5.41) is 17.5. The van der Waals surface area contributed by atoms with Gasteiger partial charge in [-0.25, -0.2) is 9.78 Å². The number of hydrogen-bond acceptors (Lipinski definition) is 8. The van der Waals surface area contributed by atoms with E-state index >= 15 is 0 Å². The Morgan fingerprint density at radius 2 is 1.62 bits per heavy atom. The molecule has 1 unspecified atom stereocenters. The van der Waals surface area contributed by atoms with Crippen molar-refractivity contribution in [1.29, 1.82) is 0 Å². The molecule has 6 rings (SSSR count). The van der Waals surface area contributed by atoms with Crippen molar-refractivity contribution in [3.63, 3.8) is 0 Å². The van der Waals surface area contributed by atoms with E-state index in [1.807, 2.05) is 48.6 Å². The molecule has 1 aliphatic heterocycles. The fraction of sp³-hybridized carbons (Fsp3) is 0.211. The number of halogens is 3. The van der Waals surface area contributed by atoms with Gasteiger partial charge in [-0.05, 0) is 85.1 Å². The predicted molar refractivity (Wildman–Crippen MR) is 203 cm³/mol. The van der Waals surface area contributed by atoms with E-state index in [9.17, 15) is 18.0 Å². The number of rotatable bonds is 11. The molecule has 0 radical (unpaired) electrons. The molecule has 9 nitrogen and oxygen atoms in total. The zero-order valence-corrected chi connectivity index (χ0v) is 31.7. The fourth-order valence-electron chi connectivity index (χ4n) is 4.83. The van der Waals surface area contributed by atoms with Gasteiger partial charge in [0.25, 0.3) is 0 Å². The van der Waals surface area contributed by atoms with Crippen LogP contribution in [0.15, 0.2) is 97.5 Å². The van der Waals surface area contributed by atoms with Crippen LogP contribution in [0.5, 0.6) is 0 Å². The minimum Gasteiger partial charge on any atom is -0.753 e. The Labute approximate surface area is 327 Å². The first kappa shape index (κ1) is 42.6. The molecule has 274 valence electrons. The van der Waals surface area contributed by atoms with Crippen LogP contribution in [0.1, 0.15) is 64.0 Å². The molecule has 0 saturated carbocycles. The van der Waals surface area contributed by atoms with Crippen molar-refractivity contribution in [2.75, 3.05) is 0 Å². The number of unbranched alkanes of at least 4 members (excludes halogenated alkanes) is 3. The molecular weight excluding hydrogens is 809 g/mol. The third-order valence-corrected chi connectivity index (χ3v) is 8.50. The van der Waals surface area contributed by atoms with Gasteiger partial charge in [-0.1, -0.05) is 62.7 Å². The van der Waals surface area contributed by atoms with Crippen LogP contribution in [0.3, 0.4) is 0 Å². The SMILES string of the molecule is CCCCCCc1ccc(/C=C/c2ccnc(C3=CC(C(F)(F)F)N[N-]3)c2)s1.O=C(O)c1ccnc(-c2cccc(-c3ccccn3)n2)c1.[N-]=C=S.[Ru+2]. The number of alkyl halides is 3. The summed E-state index contributed by atoms with van der Waals surface area (Å²) in [6, 6.07) is 20.1. The molecule has 0 amide bonds. The Balaban J connectivity index is 0.000000269. The molecule has 0 spiro atoms. The molecule has 5 aromatic heterocycles. The summed E-state index contributed by atoms with van der Waals surface area (Å²) in [7, 11) is 0. The summed E-state index contributed by atoms with van der Waals surface area (Å²) >= 11 is 5.47. The Bertz CT molecular complexity index is 2020. The van der Waals surface area contributed by atoms with Crippen LogP contribution in [-0.2, 0) is 25.9 Å². The van der Waals surface area contributed by atoms with Crippen molar-refractivity contribution >= 4 is 52.5 Å². The quantitative estimate of drug-likeness (QED) is 0.0580. The van der Waals surface area contributed by atoms with Crippen LogP contribution in [0, 0.1) is 0 Å². The number of isothiocyanates is 1. The largest absolute Gasteiger partial charge is 2.00 e. The molecule has 0 aromatic carbocycles. The van der Waals surface area contributed by atoms with E-state index in [0.29, 0.717) is 17.1 Å². The van der Waals surface area contributed by atoms with E-state index in [1.54, 1.807) is 35.9 Å². The average Bonchev–Trinajstić information content (AvgIpc) is 3.85. The number of carboxylic acid groups (broad SMARTS) is 1. The molecule has 1 aliphatic rings. The summed E-state index contributed by atoms with van der Waals surface area (Å²) in [6.07, 6.45) is 11.5. The maximum Gasteiger partial charge on any atom is 2.00 e. The van der Waals surface area contributed by atoms with Crippen molar-refractivity contribution in [2.24, 2.45) is 0 Å². The van der Waals surface area contributed by atoms with E-state index in [0.717, 1.165) is 34.3 Å². The molecule has 0 aliphatic carbocycles. The third kappa shape index (κ3) is 13.6. The smallest absolute Gasteiger partial charge is 0.753 e. The second-order valence-electron chi connectivity index (χ2n) is 11.2. The van der Waals surface area contributed by atoms with E-state index in [1.165, 1.54) is 54.1 Å². The van der Waals surface area contributed by atoms with Crippen molar-refractivity contribution in [2.45, 2.75) is 51.2 Å². The minimum absolute atomic E-state index is 0. The summed E-state index contributed by atoms with van der Waals surface area (Å²) in [6.45, 7) is 2.21. The van der Waals surface area contributed by atoms with Gasteiger partial charge < -0.3 is 21.4 Å². The third-order valence-electron chi connectivity index (χ3n) is 7.39. The zero-order valence-electron chi connectivity index (χ0n) is 28.3. The van der Waals surface area contributed by atoms with Crippen molar-refractivity contribution in [3.05, 3.63) is 135 Å². The number of aryl methyl sites for hydroxylation is 1. The molecule has 15 heteroatoms. The number of thiocarbonyl (C=S) groups is 1. The normalized spacial score (nSPS) is 13.3. The van der Waals surface area contributed by atoms with Crippen LogP contribution < -0.4 is 5.43 Å². The van der Waals surface area contributed by atoms with E-state index < -0.39 is 18.2 Å². The summed E-state index contributed by atoms with van der Waals surface area (Å²) < 4.78 is 38.3. The van der Waals surface area contributed by atoms with Crippen LogP contribution >= 0.6 is 23.6 Å². The van der Waals surface area contributed by atoms with Crippen molar-refractivity contribution < 1.29 is 42.6 Å². The fourth-order valence-corrected chi connectivity index (χ4v) is 5.79. The number of aromatic nitrogens is 4. The van der Waals surface area contributed by atoms with Crippen LogP contribution in [0.2, 0.25) is 0 Å². The molecule has 0 bridgehead atoms.